The highest BCUT2D eigenvalue weighted by atomic mass is 79.9. The molecule has 0 radical (unpaired) electrons. The van der Waals surface area contributed by atoms with Gasteiger partial charge in [0.15, 0.2) is 0 Å². The maximum absolute atomic E-state index is 10.7. The fourth-order valence-electron chi connectivity index (χ4n) is 1.48. The summed E-state index contributed by atoms with van der Waals surface area (Å²) in [5, 5.41) is 22.8. The summed E-state index contributed by atoms with van der Waals surface area (Å²) in [4.78, 5) is 10.2. The van der Waals surface area contributed by atoms with Crippen molar-refractivity contribution >= 4 is 37.5 Å². The molecule has 1 aromatic carbocycles. The Bertz CT molecular complexity index is 520. The number of nitro groups is 1. The molecule has 0 spiro atoms. The number of nitriles is 1. The van der Waals surface area contributed by atoms with Crippen LogP contribution in [0.2, 0.25) is 0 Å². The standard InChI is InChI=1S/C12H13Br2N3O3/c1-7(2)16-8(5-15)6-20-12-10(13)3-9(17(18)19)4-11(12)14/h3-4,7-8,16H,6H2,1-2H3. The molecule has 1 rings (SSSR count). The average molecular weight is 407 g/mol. The van der Waals surface area contributed by atoms with Crippen LogP contribution in [-0.4, -0.2) is 23.6 Å². The maximum Gasteiger partial charge on any atom is 0.271 e. The molecule has 0 fully saturated rings. The summed E-state index contributed by atoms with van der Waals surface area (Å²) in [6, 6.07) is 4.52. The van der Waals surface area contributed by atoms with Crippen LogP contribution in [0.3, 0.4) is 0 Å². The summed E-state index contributed by atoms with van der Waals surface area (Å²) in [6.45, 7) is 4.01. The molecule has 1 aromatic rings. The molecule has 0 amide bonds. The van der Waals surface area contributed by atoms with Crippen LogP contribution < -0.4 is 10.1 Å². The van der Waals surface area contributed by atoms with E-state index in [1.807, 2.05) is 13.8 Å². The van der Waals surface area contributed by atoms with Gasteiger partial charge in [0.25, 0.3) is 5.69 Å². The number of hydrogen-bond donors (Lipinski definition) is 1. The minimum absolute atomic E-state index is 0.0479. The van der Waals surface area contributed by atoms with Gasteiger partial charge in [0.1, 0.15) is 18.4 Å². The Morgan fingerprint density at radius 3 is 2.40 bits per heavy atom. The van der Waals surface area contributed by atoms with Gasteiger partial charge < -0.3 is 4.74 Å². The number of halogens is 2. The van der Waals surface area contributed by atoms with Crippen molar-refractivity contribution in [3.05, 3.63) is 31.2 Å². The Kier molecular flexibility index (Phi) is 6.39. The zero-order valence-corrected chi connectivity index (χ0v) is 14.1. The van der Waals surface area contributed by atoms with E-state index in [4.69, 9.17) is 10.00 Å². The molecule has 1 unspecified atom stereocenters. The second-order valence-corrected chi connectivity index (χ2v) is 6.02. The number of rotatable bonds is 6. The van der Waals surface area contributed by atoms with Gasteiger partial charge in [-0.1, -0.05) is 0 Å². The van der Waals surface area contributed by atoms with Crippen molar-refractivity contribution in [2.75, 3.05) is 6.61 Å². The van der Waals surface area contributed by atoms with Gasteiger partial charge in [-0.25, -0.2) is 0 Å². The van der Waals surface area contributed by atoms with E-state index in [2.05, 4.69) is 43.2 Å². The van der Waals surface area contributed by atoms with Crippen LogP contribution in [0, 0.1) is 21.4 Å². The lowest BCUT2D eigenvalue weighted by atomic mass is 10.3. The molecule has 0 heterocycles. The van der Waals surface area contributed by atoms with Crippen LogP contribution in [0.5, 0.6) is 5.75 Å². The highest BCUT2D eigenvalue weighted by Crippen LogP contribution is 2.37. The van der Waals surface area contributed by atoms with Gasteiger partial charge in [0.2, 0.25) is 0 Å². The number of nitro benzene ring substituents is 1. The van der Waals surface area contributed by atoms with Crippen LogP contribution >= 0.6 is 31.9 Å². The summed E-state index contributed by atoms with van der Waals surface area (Å²) in [5.74, 6) is 0.432. The van der Waals surface area contributed by atoms with Crippen molar-refractivity contribution in [3.63, 3.8) is 0 Å². The molecule has 0 aromatic heterocycles. The largest absolute Gasteiger partial charge is 0.488 e. The first-order chi connectivity index (χ1) is 9.35. The maximum atomic E-state index is 10.7. The van der Waals surface area contributed by atoms with E-state index in [1.165, 1.54) is 12.1 Å². The fourth-order valence-corrected chi connectivity index (χ4v) is 2.87. The monoisotopic (exact) mass is 405 g/mol. The normalized spacial score (nSPS) is 12.0. The van der Waals surface area contributed by atoms with Crippen LogP contribution in [0.4, 0.5) is 5.69 Å². The number of hydrogen-bond acceptors (Lipinski definition) is 5. The minimum Gasteiger partial charge on any atom is -0.488 e. The minimum atomic E-state index is -0.488. The van der Waals surface area contributed by atoms with Gasteiger partial charge in [0, 0.05) is 18.2 Å². The van der Waals surface area contributed by atoms with E-state index in [9.17, 15) is 10.1 Å². The lowest BCUT2D eigenvalue weighted by Crippen LogP contribution is -2.38. The highest BCUT2D eigenvalue weighted by Gasteiger charge is 2.17. The van der Waals surface area contributed by atoms with E-state index in [0.29, 0.717) is 14.7 Å². The van der Waals surface area contributed by atoms with Crippen molar-refractivity contribution < 1.29 is 9.66 Å². The van der Waals surface area contributed by atoms with Crippen LogP contribution in [0.1, 0.15) is 13.8 Å². The molecule has 0 bridgehead atoms. The summed E-state index contributed by atoms with van der Waals surface area (Å²) in [6.07, 6.45) is 0. The first-order valence-corrected chi connectivity index (χ1v) is 7.35. The predicted octanol–water partition coefficient (Wildman–Crippen LogP) is 3.39. The van der Waals surface area contributed by atoms with Crippen molar-refractivity contribution in [3.8, 4) is 11.8 Å². The number of ether oxygens (including phenoxy) is 1. The van der Waals surface area contributed by atoms with Crippen LogP contribution in [0.25, 0.3) is 0 Å². The van der Waals surface area contributed by atoms with E-state index < -0.39 is 11.0 Å². The van der Waals surface area contributed by atoms with Crippen LogP contribution in [-0.2, 0) is 0 Å². The third-order valence-electron chi connectivity index (χ3n) is 2.28. The number of nitrogens with one attached hydrogen (secondary N) is 1. The van der Waals surface area contributed by atoms with Crippen molar-refractivity contribution in [1.82, 2.24) is 5.32 Å². The van der Waals surface area contributed by atoms with E-state index >= 15 is 0 Å². The molecule has 0 saturated heterocycles. The molecule has 1 N–H and O–H groups in total. The second kappa shape index (κ2) is 7.57. The molecule has 108 valence electrons. The van der Waals surface area contributed by atoms with Crippen LogP contribution in [0.15, 0.2) is 21.1 Å². The zero-order valence-electron chi connectivity index (χ0n) is 10.9. The molecule has 20 heavy (non-hydrogen) atoms. The van der Waals surface area contributed by atoms with E-state index in [-0.39, 0.29) is 18.3 Å². The van der Waals surface area contributed by atoms with Gasteiger partial charge in [0.05, 0.1) is 19.9 Å². The van der Waals surface area contributed by atoms with E-state index in [1.54, 1.807) is 0 Å². The molecule has 6 nitrogen and oxygen atoms in total. The molecular formula is C12H13Br2N3O3. The second-order valence-electron chi connectivity index (χ2n) is 4.31. The lowest BCUT2D eigenvalue weighted by molar-refractivity contribution is -0.385. The van der Waals surface area contributed by atoms with Crippen molar-refractivity contribution in [2.45, 2.75) is 25.9 Å². The van der Waals surface area contributed by atoms with E-state index in [0.717, 1.165) is 0 Å². The Hall–Kier alpha value is -1.17. The summed E-state index contributed by atoms with van der Waals surface area (Å²) in [5.41, 5.74) is -0.0479. The Morgan fingerprint density at radius 2 is 2.00 bits per heavy atom. The van der Waals surface area contributed by atoms with Gasteiger partial charge in [-0.15, -0.1) is 0 Å². The number of nitrogens with zero attached hydrogens (tertiary/aromatic N) is 2. The quantitative estimate of drug-likeness (QED) is 0.577. The molecule has 0 aliphatic carbocycles. The smallest absolute Gasteiger partial charge is 0.271 e. The van der Waals surface area contributed by atoms with Gasteiger partial charge >= 0.3 is 0 Å². The predicted molar refractivity (Wildman–Crippen MR) is 81.7 cm³/mol. The summed E-state index contributed by atoms with van der Waals surface area (Å²) < 4.78 is 6.47. The Labute approximate surface area is 133 Å². The number of non-ortho nitro benzene ring substituents is 1. The fraction of sp³-hybridized carbons (Fsp3) is 0.417. The topological polar surface area (TPSA) is 88.2 Å². The molecule has 0 aliphatic rings. The zero-order chi connectivity index (χ0) is 15.3. The Balaban J connectivity index is 2.83. The molecule has 8 heteroatoms. The first-order valence-electron chi connectivity index (χ1n) is 5.77. The van der Waals surface area contributed by atoms with Crippen molar-refractivity contribution in [1.29, 1.82) is 5.26 Å². The molecular weight excluding hydrogens is 394 g/mol. The SMILES string of the molecule is CC(C)NC(C#N)COc1c(Br)cc([N+](=O)[O-])cc1Br. The highest BCUT2D eigenvalue weighted by molar-refractivity contribution is 9.11. The third kappa shape index (κ3) is 4.74. The Morgan fingerprint density at radius 1 is 1.45 bits per heavy atom. The molecule has 0 saturated carbocycles. The van der Waals surface area contributed by atoms with Gasteiger partial charge in [-0.2, -0.15) is 5.26 Å². The average Bonchev–Trinajstić information content (AvgIpc) is 2.35. The third-order valence-corrected chi connectivity index (χ3v) is 3.46. The summed E-state index contributed by atoms with van der Waals surface area (Å²) in [7, 11) is 0. The molecule has 0 aliphatic heterocycles. The number of benzene rings is 1. The van der Waals surface area contributed by atoms with Crippen molar-refractivity contribution in [2.24, 2.45) is 0 Å². The first kappa shape index (κ1) is 16.9. The van der Waals surface area contributed by atoms with Gasteiger partial charge in [-0.05, 0) is 45.7 Å². The summed E-state index contributed by atoms with van der Waals surface area (Å²) >= 11 is 6.45. The van der Waals surface area contributed by atoms with Gasteiger partial charge in [-0.3, -0.25) is 15.4 Å². The molecule has 1 atom stereocenters. The lowest BCUT2D eigenvalue weighted by Gasteiger charge is -2.16.